The molecule has 1 fully saturated rings. The van der Waals surface area contributed by atoms with E-state index in [2.05, 4.69) is 4.90 Å². The molecule has 2 aromatic carbocycles. The minimum atomic E-state index is -0.768. The first-order valence-electron chi connectivity index (χ1n) is 7.51. The van der Waals surface area contributed by atoms with Crippen LogP contribution in [0, 0.1) is 5.92 Å². The van der Waals surface area contributed by atoms with Gasteiger partial charge in [-0.1, -0.05) is 41.9 Å². The highest BCUT2D eigenvalue weighted by Gasteiger charge is 2.38. The molecule has 2 N–H and O–H groups in total. The number of nitrogens with zero attached hydrogens (tertiary/aromatic N) is 1. The summed E-state index contributed by atoms with van der Waals surface area (Å²) in [6.45, 7) is 1.73. The van der Waals surface area contributed by atoms with Gasteiger partial charge in [-0.25, -0.2) is 0 Å². The van der Waals surface area contributed by atoms with Gasteiger partial charge < -0.3 is 10.2 Å². The Labute approximate surface area is 139 Å². The normalized spacial score (nSPS) is 21.4. The Bertz CT molecular complexity index is 684. The van der Waals surface area contributed by atoms with E-state index in [1.165, 1.54) is 6.07 Å². The van der Waals surface area contributed by atoms with Gasteiger partial charge in [0.1, 0.15) is 5.75 Å². The lowest BCUT2D eigenvalue weighted by molar-refractivity contribution is -0.141. The molecule has 120 valence electrons. The molecular formula is C18H18ClNO3. The summed E-state index contributed by atoms with van der Waals surface area (Å²) in [6, 6.07) is 14.7. The van der Waals surface area contributed by atoms with Crippen LogP contribution >= 0.6 is 11.6 Å². The first-order chi connectivity index (χ1) is 11.0. The molecule has 0 aromatic heterocycles. The first-order valence-corrected chi connectivity index (χ1v) is 7.89. The Balaban J connectivity index is 1.79. The van der Waals surface area contributed by atoms with E-state index in [1.807, 2.05) is 30.3 Å². The second-order valence-electron chi connectivity index (χ2n) is 5.97. The van der Waals surface area contributed by atoms with Crippen molar-refractivity contribution in [1.82, 2.24) is 4.90 Å². The third-order valence-electron chi connectivity index (χ3n) is 4.29. The van der Waals surface area contributed by atoms with Gasteiger partial charge in [-0.2, -0.15) is 0 Å². The highest BCUT2D eigenvalue weighted by Crippen LogP contribution is 2.34. The molecule has 0 radical (unpaired) electrons. The number of phenolic OH excluding ortho intramolecular Hbond substituents is 1. The van der Waals surface area contributed by atoms with Gasteiger partial charge in [-0.3, -0.25) is 9.69 Å². The molecule has 0 amide bonds. The van der Waals surface area contributed by atoms with Gasteiger partial charge >= 0.3 is 5.97 Å². The second-order valence-corrected chi connectivity index (χ2v) is 6.41. The number of rotatable bonds is 4. The number of carbonyl (C=O) groups is 1. The van der Waals surface area contributed by atoms with E-state index in [0.29, 0.717) is 24.7 Å². The molecule has 1 aliphatic heterocycles. The van der Waals surface area contributed by atoms with Crippen molar-refractivity contribution in [3.8, 4) is 5.75 Å². The minimum Gasteiger partial charge on any atom is -0.508 e. The van der Waals surface area contributed by atoms with Gasteiger partial charge in [0.2, 0.25) is 0 Å². The summed E-state index contributed by atoms with van der Waals surface area (Å²) in [6.07, 6.45) is 0. The standard InChI is InChI=1S/C18H18ClNO3/c19-14-6-12(7-15(21)8-14)9-20-10-16(17(11-20)18(22)23)13-4-2-1-3-5-13/h1-8,16-17,21H,9-11H2,(H,22,23)/t16-,17+/m0/s1. The maximum atomic E-state index is 11.6. The molecule has 1 heterocycles. The van der Waals surface area contributed by atoms with Crippen molar-refractivity contribution in [2.24, 2.45) is 5.92 Å². The van der Waals surface area contributed by atoms with E-state index in [9.17, 15) is 15.0 Å². The molecule has 1 aliphatic rings. The molecular weight excluding hydrogens is 314 g/mol. The smallest absolute Gasteiger partial charge is 0.308 e. The number of carboxylic acids is 1. The van der Waals surface area contributed by atoms with Crippen LogP contribution in [0.3, 0.4) is 0 Å². The zero-order valence-corrected chi connectivity index (χ0v) is 13.3. The number of likely N-dealkylation sites (tertiary alicyclic amines) is 1. The Morgan fingerprint density at radius 1 is 1.17 bits per heavy atom. The van der Waals surface area contributed by atoms with Crippen LogP contribution < -0.4 is 0 Å². The number of benzene rings is 2. The number of hydrogen-bond donors (Lipinski definition) is 2. The number of aromatic hydroxyl groups is 1. The molecule has 2 aromatic rings. The predicted molar refractivity (Wildman–Crippen MR) is 88.7 cm³/mol. The molecule has 2 atom stereocenters. The SMILES string of the molecule is O=C(O)[C@@H]1CN(Cc2cc(O)cc(Cl)c2)C[C@H]1c1ccccc1. The Morgan fingerprint density at radius 2 is 1.91 bits per heavy atom. The number of aliphatic carboxylic acids is 1. The van der Waals surface area contributed by atoms with Gasteiger partial charge in [0.15, 0.2) is 0 Å². The van der Waals surface area contributed by atoms with Crippen molar-refractivity contribution < 1.29 is 15.0 Å². The van der Waals surface area contributed by atoms with Crippen LogP contribution in [0.2, 0.25) is 5.02 Å². The van der Waals surface area contributed by atoms with Gasteiger partial charge in [0.05, 0.1) is 5.92 Å². The van der Waals surface area contributed by atoms with Crippen molar-refractivity contribution in [1.29, 1.82) is 0 Å². The maximum absolute atomic E-state index is 11.6. The number of phenols is 1. The fourth-order valence-electron chi connectivity index (χ4n) is 3.29. The first kappa shape index (κ1) is 15.8. The van der Waals surface area contributed by atoms with Crippen molar-refractivity contribution in [3.63, 3.8) is 0 Å². The molecule has 0 unspecified atom stereocenters. The Kier molecular flexibility index (Phi) is 4.55. The monoisotopic (exact) mass is 331 g/mol. The van der Waals surface area contributed by atoms with Gasteiger partial charge in [0.25, 0.3) is 0 Å². The van der Waals surface area contributed by atoms with Crippen molar-refractivity contribution >= 4 is 17.6 Å². The summed E-state index contributed by atoms with van der Waals surface area (Å²) >= 11 is 5.97. The topological polar surface area (TPSA) is 60.8 Å². The summed E-state index contributed by atoms with van der Waals surface area (Å²) in [5, 5.41) is 19.7. The molecule has 0 spiro atoms. The van der Waals surface area contributed by atoms with Crippen LogP contribution in [-0.4, -0.2) is 34.2 Å². The fraction of sp³-hybridized carbons (Fsp3) is 0.278. The van der Waals surface area contributed by atoms with E-state index in [1.54, 1.807) is 12.1 Å². The minimum absolute atomic E-state index is 0.0264. The van der Waals surface area contributed by atoms with E-state index in [4.69, 9.17) is 11.6 Å². The van der Waals surface area contributed by atoms with Crippen LogP contribution in [0.25, 0.3) is 0 Å². The predicted octanol–water partition coefficient (Wildman–Crippen LogP) is 3.35. The zero-order valence-electron chi connectivity index (χ0n) is 12.5. The van der Waals surface area contributed by atoms with Crippen molar-refractivity contribution in [2.45, 2.75) is 12.5 Å². The van der Waals surface area contributed by atoms with Crippen LogP contribution in [-0.2, 0) is 11.3 Å². The lowest BCUT2D eigenvalue weighted by Gasteiger charge is -2.16. The molecule has 4 nitrogen and oxygen atoms in total. The third-order valence-corrected chi connectivity index (χ3v) is 4.51. The van der Waals surface area contributed by atoms with Crippen molar-refractivity contribution in [3.05, 3.63) is 64.7 Å². The molecule has 0 saturated carbocycles. The average Bonchev–Trinajstić information content (AvgIpc) is 2.91. The molecule has 23 heavy (non-hydrogen) atoms. The lowest BCUT2D eigenvalue weighted by Crippen LogP contribution is -2.23. The van der Waals surface area contributed by atoms with Gasteiger partial charge in [-0.05, 0) is 29.3 Å². The maximum Gasteiger partial charge on any atom is 0.308 e. The summed E-state index contributed by atoms with van der Waals surface area (Å²) in [7, 11) is 0. The Hall–Kier alpha value is -2.04. The van der Waals surface area contributed by atoms with E-state index < -0.39 is 11.9 Å². The second kappa shape index (κ2) is 6.60. The lowest BCUT2D eigenvalue weighted by atomic mass is 9.89. The summed E-state index contributed by atoms with van der Waals surface area (Å²) in [5.74, 6) is -1.09. The van der Waals surface area contributed by atoms with Crippen LogP contribution in [0.4, 0.5) is 0 Å². The largest absolute Gasteiger partial charge is 0.508 e. The zero-order chi connectivity index (χ0) is 16.4. The van der Waals surface area contributed by atoms with Crippen LogP contribution in [0.1, 0.15) is 17.0 Å². The van der Waals surface area contributed by atoms with Gasteiger partial charge in [0, 0.05) is 30.6 Å². The highest BCUT2D eigenvalue weighted by molar-refractivity contribution is 6.30. The molecule has 5 heteroatoms. The fourth-order valence-corrected chi connectivity index (χ4v) is 3.54. The molecule has 0 bridgehead atoms. The van der Waals surface area contributed by atoms with Gasteiger partial charge in [-0.15, -0.1) is 0 Å². The average molecular weight is 332 g/mol. The Morgan fingerprint density at radius 3 is 2.57 bits per heavy atom. The summed E-state index contributed by atoms with van der Waals surface area (Å²) < 4.78 is 0. The quantitative estimate of drug-likeness (QED) is 0.902. The highest BCUT2D eigenvalue weighted by atomic mass is 35.5. The number of hydrogen-bond acceptors (Lipinski definition) is 3. The third kappa shape index (κ3) is 3.66. The molecule has 3 rings (SSSR count). The number of carboxylic acid groups (broad SMARTS) is 1. The van der Waals surface area contributed by atoms with Crippen LogP contribution in [0.5, 0.6) is 5.75 Å². The summed E-state index contributed by atoms with van der Waals surface area (Å²) in [5.41, 5.74) is 1.93. The van der Waals surface area contributed by atoms with Crippen LogP contribution in [0.15, 0.2) is 48.5 Å². The van der Waals surface area contributed by atoms with E-state index >= 15 is 0 Å². The molecule has 1 saturated heterocycles. The van der Waals surface area contributed by atoms with E-state index in [-0.39, 0.29) is 11.7 Å². The molecule has 0 aliphatic carbocycles. The van der Waals surface area contributed by atoms with Crippen molar-refractivity contribution in [2.75, 3.05) is 13.1 Å². The summed E-state index contributed by atoms with van der Waals surface area (Å²) in [4.78, 5) is 13.7. The van der Waals surface area contributed by atoms with E-state index in [0.717, 1.165) is 11.1 Å². The number of halogens is 1.